The van der Waals surface area contributed by atoms with E-state index < -0.39 is 65.5 Å². The van der Waals surface area contributed by atoms with Crippen LogP contribution in [-0.4, -0.2) is 107 Å². The molecule has 1 aromatic heterocycles. The molecule has 1 aromatic rings. The molecule has 242 valence electrons. The van der Waals surface area contributed by atoms with Gasteiger partial charge in [-0.3, -0.25) is 14.5 Å². The van der Waals surface area contributed by atoms with Crippen LogP contribution in [-0.2, 0) is 43.0 Å². The lowest BCUT2D eigenvalue weighted by Crippen LogP contribution is -2.71. The van der Waals surface area contributed by atoms with Crippen molar-refractivity contribution in [2.45, 2.75) is 51.5 Å². The Bertz CT molecular complexity index is 1370. The van der Waals surface area contributed by atoms with Crippen molar-refractivity contribution in [3.05, 3.63) is 22.3 Å². The number of oxime groups is 1. The molecule has 2 aliphatic rings. The topological polar surface area (TPSA) is 218 Å². The Labute approximate surface area is 265 Å². The van der Waals surface area contributed by atoms with Crippen LogP contribution in [0.4, 0.5) is 14.7 Å². The number of halogens is 1. The van der Waals surface area contributed by atoms with E-state index in [1.165, 1.54) is 43.1 Å². The fraction of sp³-hybridized carbons (Fsp3) is 0.500. The van der Waals surface area contributed by atoms with Crippen LogP contribution in [0, 0.1) is 0 Å². The second-order valence-electron chi connectivity index (χ2n) is 9.36. The summed E-state index contributed by atoms with van der Waals surface area (Å²) in [7, 11) is 2.94. The van der Waals surface area contributed by atoms with E-state index in [1.54, 1.807) is 13.8 Å². The Kier molecular flexibility index (Phi) is 12.8. The third kappa shape index (κ3) is 8.96. The quantitative estimate of drug-likeness (QED) is 0.0676. The number of carbonyl (C=O) groups is 6. The lowest BCUT2D eigenvalue weighted by Gasteiger charge is -2.49. The molecule has 0 spiro atoms. The first kappa shape index (κ1) is 36.1. The van der Waals surface area contributed by atoms with Crippen LogP contribution in [0.1, 0.15) is 33.4 Å². The van der Waals surface area contributed by atoms with Crippen LogP contribution >= 0.6 is 35.5 Å². The van der Waals surface area contributed by atoms with E-state index in [-0.39, 0.29) is 46.9 Å². The monoisotopic (exact) mass is 678 g/mol. The zero-order valence-corrected chi connectivity index (χ0v) is 26.8. The number of thioether (sulfide) groups is 1. The number of hydrogen-bond acceptors (Lipinski definition) is 16. The zero-order valence-electron chi connectivity index (χ0n) is 24.4. The molecule has 3 N–H and O–H groups in total. The van der Waals surface area contributed by atoms with Gasteiger partial charge >= 0.3 is 24.2 Å². The summed E-state index contributed by atoms with van der Waals surface area (Å²) in [6.07, 6.45) is -3.65. The van der Waals surface area contributed by atoms with Crippen molar-refractivity contribution >= 4 is 82.4 Å². The van der Waals surface area contributed by atoms with E-state index in [0.29, 0.717) is 0 Å². The van der Waals surface area contributed by atoms with Gasteiger partial charge < -0.3 is 39.7 Å². The normalized spacial score (nSPS) is 18.2. The highest BCUT2D eigenvalue weighted by Gasteiger charge is 2.55. The number of esters is 1. The van der Waals surface area contributed by atoms with Gasteiger partial charge in [0.25, 0.3) is 11.8 Å². The molecule has 2 aliphatic heterocycles. The van der Waals surface area contributed by atoms with E-state index in [2.05, 4.69) is 20.3 Å². The minimum absolute atomic E-state index is 0. The summed E-state index contributed by atoms with van der Waals surface area (Å²) in [5, 5.41) is 6.83. The first-order valence-corrected chi connectivity index (χ1v) is 14.5. The summed E-state index contributed by atoms with van der Waals surface area (Å²) in [4.78, 5) is 85.7. The van der Waals surface area contributed by atoms with Crippen molar-refractivity contribution in [1.82, 2.24) is 20.1 Å². The molecule has 3 atom stereocenters. The van der Waals surface area contributed by atoms with Gasteiger partial charge in [0, 0.05) is 44.6 Å². The van der Waals surface area contributed by atoms with Crippen LogP contribution in [0.2, 0.25) is 0 Å². The van der Waals surface area contributed by atoms with Crippen molar-refractivity contribution in [2.24, 2.45) is 5.16 Å². The molecule has 17 nitrogen and oxygen atoms in total. The number of thiazole rings is 1. The third-order valence-electron chi connectivity index (χ3n) is 5.37. The van der Waals surface area contributed by atoms with Crippen LogP contribution in [0.3, 0.4) is 0 Å². The number of ether oxygens (including phenoxy) is 4. The third-order valence-corrected chi connectivity index (χ3v) is 7.39. The van der Waals surface area contributed by atoms with Gasteiger partial charge in [-0.2, -0.15) is 0 Å². The fourth-order valence-electron chi connectivity index (χ4n) is 3.57. The minimum Gasteiger partial charge on any atom is -0.445 e. The van der Waals surface area contributed by atoms with Gasteiger partial charge in [-0.15, -0.1) is 35.5 Å². The van der Waals surface area contributed by atoms with Gasteiger partial charge in [0.05, 0.1) is 6.10 Å². The van der Waals surface area contributed by atoms with Gasteiger partial charge in [-0.05, 0) is 13.8 Å². The Balaban J connectivity index is 0.00000675. The molecule has 3 unspecified atom stereocenters. The van der Waals surface area contributed by atoms with Gasteiger partial charge in [-0.25, -0.2) is 24.2 Å². The fourth-order valence-corrected chi connectivity index (χ4v) is 5.44. The molecule has 1 fully saturated rings. The molecule has 0 bridgehead atoms. The van der Waals surface area contributed by atoms with E-state index in [4.69, 9.17) is 24.7 Å². The number of carbonyl (C=O) groups excluding carboxylic acids is 6. The second kappa shape index (κ2) is 15.6. The number of fused-ring (bicyclic) bond motifs is 1. The molecule has 0 aliphatic carbocycles. The van der Waals surface area contributed by atoms with E-state index in [9.17, 15) is 28.8 Å². The number of amides is 3. The average molecular weight is 679 g/mol. The molecule has 3 heterocycles. The average Bonchev–Trinajstić information content (AvgIpc) is 3.34. The summed E-state index contributed by atoms with van der Waals surface area (Å²) < 4.78 is 20.3. The second-order valence-corrected chi connectivity index (χ2v) is 11.4. The number of rotatable bonds is 10. The number of nitrogens with zero attached hydrogens (tertiary/aromatic N) is 4. The molecule has 44 heavy (non-hydrogen) atoms. The smallest absolute Gasteiger partial charge is 0.445 e. The van der Waals surface area contributed by atoms with Crippen LogP contribution in [0.15, 0.2) is 21.8 Å². The number of nitrogens with two attached hydrogens (primary N) is 1. The maximum atomic E-state index is 13.3. The highest BCUT2D eigenvalue weighted by atomic mass is 35.5. The Hall–Kier alpha value is -4.10. The van der Waals surface area contributed by atoms with Gasteiger partial charge in [-0.1, -0.05) is 5.16 Å². The van der Waals surface area contributed by atoms with Crippen molar-refractivity contribution in [1.29, 1.82) is 0 Å². The molecule has 0 saturated carbocycles. The van der Waals surface area contributed by atoms with E-state index >= 15 is 0 Å². The molecular weight excluding hydrogens is 648 g/mol. The van der Waals surface area contributed by atoms with Gasteiger partial charge in [0.1, 0.15) is 29.4 Å². The van der Waals surface area contributed by atoms with Crippen LogP contribution in [0.25, 0.3) is 0 Å². The summed E-state index contributed by atoms with van der Waals surface area (Å²) in [6, 6.07) is -1.14. The summed E-state index contributed by atoms with van der Waals surface area (Å²) in [5.41, 5.74) is 5.27. The van der Waals surface area contributed by atoms with Crippen LogP contribution < -0.4 is 11.1 Å². The van der Waals surface area contributed by atoms with Crippen molar-refractivity contribution in [3.63, 3.8) is 0 Å². The lowest BCUT2D eigenvalue weighted by atomic mass is 10.0. The SMILES string of the molecule is CC(=O)O/N=C(\C(=O)NC1C(=O)N2C(C(=O)OC(C)OC(=O)OC(C)C)=C(COC(=O)N(C)C)CSC12)c1csc(N)n1.Cl. The predicted octanol–water partition coefficient (Wildman–Crippen LogP) is 1.22. The molecule has 20 heteroatoms. The Morgan fingerprint density at radius 3 is 2.43 bits per heavy atom. The zero-order chi connectivity index (χ0) is 32.0. The standard InChI is InChI=1S/C24H30N6O11S2.ClH/c1-10(2)38-24(36)40-12(4)39-21(34)17-13(7-37-23(35)29(5)6)8-42-20-16(19(33)30(17)20)27-18(32)15(28-41-11(3)31)14-9-43-22(25)26-14;/h9-10,12,16,20H,7-8H2,1-6H3,(H2,25,26)(H,27,32);1H/b28-15-;. The number of nitrogens with one attached hydrogen (secondary N) is 1. The largest absolute Gasteiger partial charge is 0.511 e. The number of nitrogen functional groups attached to an aromatic ring is 1. The number of hydrogen-bond donors (Lipinski definition) is 2. The maximum Gasteiger partial charge on any atom is 0.511 e. The highest BCUT2D eigenvalue weighted by Crippen LogP contribution is 2.41. The number of anilines is 1. The first-order chi connectivity index (χ1) is 20.2. The molecule has 1 saturated heterocycles. The van der Waals surface area contributed by atoms with E-state index in [1.807, 2.05) is 0 Å². The molecule has 0 radical (unpaired) electrons. The molecular formula is C24H31ClN6O11S2. The summed E-state index contributed by atoms with van der Waals surface area (Å²) in [6.45, 7) is 5.21. The number of β-lactam (4-membered cyclic amide) rings is 1. The Morgan fingerprint density at radius 1 is 1.18 bits per heavy atom. The lowest BCUT2D eigenvalue weighted by molar-refractivity contribution is -0.169. The van der Waals surface area contributed by atoms with Crippen molar-refractivity contribution < 1.29 is 52.6 Å². The van der Waals surface area contributed by atoms with Crippen LogP contribution in [0.5, 0.6) is 0 Å². The Morgan fingerprint density at radius 2 is 1.86 bits per heavy atom. The number of aromatic nitrogens is 1. The van der Waals surface area contributed by atoms with Crippen molar-refractivity contribution in [3.8, 4) is 0 Å². The van der Waals surface area contributed by atoms with Gasteiger partial charge in [0.2, 0.25) is 6.29 Å². The van der Waals surface area contributed by atoms with Crippen molar-refractivity contribution in [2.75, 3.05) is 32.2 Å². The van der Waals surface area contributed by atoms with Gasteiger partial charge in [0.15, 0.2) is 10.8 Å². The molecule has 3 rings (SSSR count). The molecule has 0 aromatic carbocycles. The molecule has 3 amide bonds. The maximum absolute atomic E-state index is 13.3. The summed E-state index contributed by atoms with van der Waals surface area (Å²) in [5.74, 6) is -3.33. The van der Waals surface area contributed by atoms with E-state index in [0.717, 1.165) is 23.2 Å². The first-order valence-electron chi connectivity index (χ1n) is 12.6. The minimum atomic E-state index is -1.40. The highest BCUT2D eigenvalue weighted by molar-refractivity contribution is 8.00. The predicted molar refractivity (Wildman–Crippen MR) is 157 cm³/mol. The summed E-state index contributed by atoms with van der Waals surface area (Å²) >= 11 is 2.19.